The SMILES string of the molecule is O=C1C=C(NCCc2ccccc2)C(=O)c2[nH]ccc21. The molecule has 0 fully saturated rings. The lowest BCUT2D eigenvalue weighted by molar-refractivity contribution is 0.0976. The maximum Gasteiger partial charge on any atom is 0.225 e. The van der Waals surface area contributed by atoms with Crippen LogP contribution >= 0.6 is 0 Å². The Morgan fingerprint density at radius 3 is 2.65 bits per heavy atom. The van der Waals surface area contributed by atoms with E-state index in [-0.39, 0.29) is 11.6 Å². The Labute approximate surface area is 116 Å². The number of carbonyl (C=O) groups is 2. The molecule has 1 aliphatic rings. The lowest BCUT2D eigenvalue weighted by Gasteiger charge is -2.13. The Balaban J connectivity index is 1.67. The van der Waals surface area contributed by atoms with E-state index in [1.165, 1.54) is 11.6 Å². The normalized spacial score (nSPS) is 13.9. The number of ketones is 2. The number of hydrogen-bond acceptors (Lipinski definition) is 3. The number of aromatic nitrogens is 1. The molecular weight excluding hydrogens is 252 g/mol. The average molecular weight is 266 g/mol. The van der Waals surface area contributed by atoms with Crippen molar-refractivity contribution in [3.63, 3.8) is 0 Å². The van der Waals surface area contributed by atoms with Crippen LogP contribution in [0.5, 0.6) is 0 Å². The zero-order valence-corrected chi connectivity index (χ0v) is 10.8. The predicted molar refractivity (Wildman–Crippen MR) is 75.7 cm³/mol. The molecule has 3 rings (SSSR count). The van der Waals surface area contributed by atoms with E-state index in [0.717, 1.165) is 6.42 Å². The summed E-state index contributed by atoms with van der Waals surface area (Å²) in [5.74, 6) is -0.291. The number of aromatic amines is 1. The molecule has 1 aromatic heterocycles. The minimum absolute atomic E-state index is 0.136. The third-order valence-electron chi connectivity index (χ3n) is 3.33. The van der Waals surface area contributed by atoms with Gasteiger partial charge in [0.15, 0.2) is 5.78 Å². The maximum absolute atomic E-state index is 12.2. The van der Waals surface area contributed by atoms with Crippen LogP contribution in [0.3, 0.4) is 0 Å². The van der Waals surface area contributed by atoms with Gasteiger partial charge in [0.25, 0.3) is 0 Å². The molecule has 1 heterocycles. The first-order valence-corrected chi connectivity index (χ1v) is 6.51. The van der Waals surface area contributed by atoms with Crippen molar-refractivity contribution in [1.29, 1.82) is 0 Å². The zero-order valence-electron chi connectivity index (χ0n) is 10.8. The molecule has 20 heavy (non-hydrogen) atoms. The summed E-state index contributed by atoms with van der Waals surface area (Å²) < 4.78 is 0. The molecule has 0 unspecified atom stereocenters. The van der Waals surface area contributed by atoms with Gasteiger partial charge < -0.3 is 10.3 Å². The monoisotopic (exact) mass is 266 g/mol. The van der Waals surface area contributed by atoms with E-state index in [9.17, 15) is 9.59 Å². The highest BCUT2D eigenvalue weighted by atomic mass is 16.1. The number of rotatable bonds is 4. The molecule has 1 aliphatic carbocycles. The van der Waals surface area contributed by atoms with Gasteiger partial charge in [-0.2, -0.15) is 0 Å². The molecule has 0 bridgehead atoms. The Morgan fingerprint density at radius 1 is 1.05 bits per heavy atom. The highest BCUT2D eigenvalue weighted by molar-refractivity contribution is 6.23. The fourth-order valence-corrected chi connectivity index (χ4v) is 2.29. The van der Waals surface area contributed by atoms with E-state index in [2.05, 4.69) is 10.3 Å². The molecule has 2 aromatic rings. The summed E-state index contributed by atoms with van der Waals surface area (Å²) in [6.45, 7) is 0.616. The molecular formula is C16H14N2O2. The Kier molecular flexibility index (Phi) is 3.21. The van der Waals surface area contributed by atoms with Gasteiger partial charge in [0.05, 0.1) is 17.0 Å². The van der Waals surface area contributed by atoms with Gasteiger partial charge in [0.1, 0.15) is 0 Å². The van der Waals surface area contributed by atoms with E-state index in [0.29, 0.717) is 23.5 Å². The van der Waals surface area contributed by atoms with E-state index < -0.39 is 0 Å². The first-order valence-electron chi connectivity index (χ1n) is 6.51. The lowest BCUT2D eigenvalue weighted by atomic mass is 9.99. The van der Waals surface area contributed by atoms with E-state index in [1.807, 2.05) is 30.3 Å². The van der Waals surface area contributed by atoms with Crippen molar-refractivity contribution in [1.82, 2.24) is 10.3 Å². The van der Waals surface area contributed by atoms with Crippen LogP contribution in [-0.4, -0.2) is 23.1 Å². The van der Waals surface area contributed by atoms with E-state index in [1.54, 1.807) is 12.3 Å². The molecule has 100 valence electrons. The number of carbonyl (C=O) groups excluding carboxylic acids is 2. The summed E-state index contributed by atoms with van der Waals surface area (Å²) in [5, 5.41) is 3.05. The van der Waals surface area contributed by atoms with Gasteiger partial charge in [0, 0.05) is 18.8 Å². The van der Waals surface area contributed by atoms with Gasteiger partial charge in [-0.3, -0.25) is 9.59 Å². The van der Waals surface area contributed by atoms with Crippen LogP contribution in [0.4, 0.5) is 0 Å². The third-order valence-corrected chi connectivity index (χ3v) is 3.33. The second-order valence-corrected chi connectivity index (χ2v) is 4.68. The predicted octanol–water partition coefficient (Wildman–Crippen LogP) is 2.11. The molecule has 0 atom stereocenters. The van der Waals surface area contributed by atoms with Crippen molar-refractivity contribution in [3.05, 3.63) is 71.2 Å². The van der Waals surface area contributed by atoms with Crippen molar-refractivity contribution in [2.45, 2.75) is 6.42 Å². The van der Waals surface area contributed by atoms with Gasteiger partial charge >= 0.3 is 0 Å². The molecule has 1 aromatic carbocycles. The summed E-state index contributed by atoms with van der Waals surface area (Å²) >= 11 is 0. The third kappa shape index (κ3) is 2.28. The minimum Gasteiger partial charge on any atom is -0.381 e. The number of H-pyrrole nitrogens is 1. The van der Waals surface area contributed by atoms with Crippen molar-refractivity contribution < 1.29 is 9.59 Å². The lowest BCUT2D eigenvalue weighted by Crippen LogP contribution is -2.28. The first-order chi connectivity index (χ1) is 9.75. The second-order valence-electron chi connectivity index (χ2n) is 4.68. The van der Waals surface area contributed by atoms with Crippen LogP contribution in [0.2, 0.25) is 0 Å². The molecule has 0 radical (unpaired) electrons. The average Bonchev–Trinajstić information content (AvgIpc) is 2.95. The Hall–Kier alpha value is -2.62. The minimum atomic E-state index is -0.155. The molecule has 0 amide bonds. The largest absolute Gasteiger partial charge is 0.381 e. The van der Waals surface area contributed by atoms with Crippen LogP contribution < -0.4 is 5.32 Å². The van der Waals surface area contributed by atoms with Crippen molar-refractivity contribution in [3.8, 4) is 0 Å². The van der Waals surface area contributed by atoms with E-state index >= 15 is 0 Å². The zero-order chi connectivity index (χ0) is 13.9. The summed E-state index contributed by atoms with van der Waals surface area (Å²) in [6, 6.07) is 11.6. The number of hydrogen-bond donors (Lipinski definition) is 2. The molecule has 4 heteroatoms. The number of fused-ring (bicyclic) bond motifs is 1. The number of nitrogens with one attached hydrogen (secondary N) is 2. The molecule has 2 N–H and O–H groups in total. The standard InChI is InChI=1S/C16H14N2O2/c19-14-10-13(16(20)15-12(14)7-9-18-15)17-8-6-11-4-2-1-3-5-11/h1-5,7,9-10,17-18H,6,8H2. The fourth-order valence-electron chi connectivity index (χ4n) is 2.29. The number of allylic oxidation sites excluding steroid dienone is 2. The molecule has 0 saturated heterocycles. The molecule has 0 saturated carbocycles. The molecule has 0 aliphatic heterocycles. The highest BCUT2D eigenvalue weighted by Gasteiger charge is 2.26. The highest BCUT2D eigenvalue weighted by Crippen LogP contribution is 2.18. The quantitative estimate of drug-likeness (QED) is 0.891. The van der Waals surface area contributed by atoms with Crippen LogP contribution in [0.1, 0.15) is 26.4 Å². The van der Waals surface area contributed by atoms with Crippen molar-refractivity contribution >= 4 is 11.6 Å². The fraction of sp³-hybridized carbons (Fsp3) is 0.125. The first kappa shape index (κ1) is 12.4. The Bertz CT molecular complexity index is 684. The van der Waals surface area contributed by atoms with Crippen molar-refractivity contribution in [2.24, 2.45) is 0 Å². The van der Waals surface area contributed by atoms with Gasteiger partial charge in [0.2, 0.25) is 5.78 Å². The van der Waals surface area contributed by atoms with Crippen molar-refractivity contribution in [2.75, 3.05) is 6.54 Å². The Morgan fingerprint density at radius 2 is 1.85 bits per heavy atom. The van der Waals surface area contributed by atoms with E-state index in [4.69, 9.17) is 0 Å². The molecule has 0 spiro atoms. The van der Waals surface area contributed by atoms with Gasteiger partial charge in [-0.25, -0.2) is 0 Å². The molecule has 4 nitrogen and oxygen atoms in total. The summed E-state index contributed by atoms with van der Waals surface area (Å²) in [7, 11) is 0. The summed E-state index contributed by atoms with van der Waals surface area (Å²) in [5.41, 5.74) is 2.37. The van der Waals surface area contributed by atoms with Crippen LogP contribution in [0, 0.1) is 0 Å². The second kappa shape index (κ2) is 5.17. The summed E-state index contributed by atoms with van der Waals surface area (Å²) in [4.78, 5) is 26.8. The van der Waals surface area contributed by atoms with Crippen LogP contribution in [0.15, 0.2) is 54.4 Å². The number of benzene rings is 1. The topological polar surface area (TPSA) is 62.0 Å². The van der Waals surface area contributed by atoms with Gasteiger partial charge in [-0.15, -0.1) is 0 Å². The maximum atomic E-state index is 12.2. The smallest absolute Gasteiger partial charge is 0.225 e. The summed E-state index contributed by atoms with van der Waals surface area (Å²) in [6.07, 6.45) is 3.79. The van der Waals surface area contributed by atoms with Crippen LogP contribution in [-0.2, 0) is 6.42 Å². The van der Waals surface area contributed by atoms with Gasteiger partial charge in [-0.05, 0) is 18.1 Å². The van der Waals surface area contributed by atoms with Gasteiger partial charge in [-0.1, -0.05) is 30.3 Å². The number of Topliss-reactive ketones (excluding diaryl/α,β-unsaturated/α-hetero) is 1. The van der Waals surface area contributed by atoms with Crippen LogP contribution in [0.25, 0.3) is 0 Å².